The quantitative estimate of drug-likeness (QED) is 0.691. The molecule has 0 spiro atoms. The van der Waals surface area contributed by atoms with Crippen LogP contribution >= 0.6 is 11.3 Å². The first-order valence-electron chi connectivity index (χ1n) is 6.39. The topological polar surface area (TPSA) is 52.1 Å². The summed E-state index contributed by atoms with van der Waals surface area (Å²) in [5, 5.41) is 9.85. The maximum atomic E-state index is 11.8. The number of rotatable bonds is 3. The molecule has 2 heterocycles. The van der Waals surface area contributed by atoms with E-state index in [1.165, 1.54) is 16.9 Å². The number of ether oxygens (including phenoxy) is 1. The second kappa shape index (κ2) is 5.85. The highest BCUT2D eigenvalue weighted by Crippen LogP contribution is 2.19. The highest BCUT2D eigenvalue weighted by atomic mass is 32.1. The van der Waals surface area contributed by atoms with E-state index in [9.17, 15) is 4.79 Å². The molecular formula is C16H12N2O2S. The number of carbonyl (C=O) groups excluding carboxylic acids is 1. The molecule has 2 aromatic heterocycles. The van der Waals surface area contributed by atoms with Gasteiger partial charge in [0.05, 0.1) is 5.69 Å². The minimum absolute atomic E-state index is 0.198. The number of thiophene rings is 1. The van der Waals surface area contributed by atoms with Crippen LogP contribution in [-0.4, -0.2) is 16.2 Å². The number of hydrogen-bond acceptors (Lipinski definition) is 5. The Hall–Kier alpha value is -2.53. The van der Waals surface area contributed by atoms with Crippen molar-refractivity contribution in [2.24, 2.45) is 0 Å². The molecular weight excluding hydrogens is 284 g/mol. The number of hydrogen-bond donors (Lipinski definition) is 0. The molecule has 0 radical (unpaired) electrons. The molecule has 0 aliphatic heterocycles. The van der Waals surface area contributed by atoms with Gasteiger partial charge in [0.1, 0.15) is 4.88 Å². The maximum Gasteiger partial charge on any atom is 0.355 e. The minimum Gasteiger partial charge on any atom is -0.402 e. The van der Waals surface area contributed by atoms with Crippen molar-refractivity contribution in [3.05, 3.63) is 64.4 Å². The highest BCUT2D eigenvalue weighted by Gasteiger charge is 2.10. The Kier molecular flexibility index (Phi) is 3.75. The van der Waals surface area contributed by atoms with Gasteiger partial charge < -0.3 is 4.74 Å². The van der Waals surface area contributed by atoms with E-state index in [0.717, 1.165) is 11.3 Å². The van der Waals surface area contributed by atoms with Gasteiger partial charge in [-0.2, -0.15) is 0 Å². The molecule has 0 bridgehead atoms. The molecule has 0 aliphatic carbocycles. The Bertz CT molecular complexity index is 735. The maximum absolute atomic E-state index is 11.8. The lowest BCUT2D eigenvalue weighted by molar-refractivity contribution is 0.0731. The normalized spacial score (nSPS) is 10.3. The summed E-state index contributed by atoms with van der Waals surface area (Å²) in [4.78, 5) is 12.3. The summed E-state index contributed by atoms with van der Waals surface area (Å²) in [6.07, 6.45) is 0. The summed E-state index contributed by atoms with van der Waals surface area (Å²) in [5.41, 5.74) is 2.91. The van der Waals surface area contributed by atoms with Crippen LogP contribution in [0.3, 0.4) is 0 Å². The molecule has 0 amide bonds. The summed E-state index contributed by atoms with van der Waals surface area (Å²) >= 11 is 1.33. The van der Waals surface area contributed by atoms with Crippen LogP contribution in [0.5, 0.6) is 5.88 Å². The Morgan fingerprint density at radius 1 is 1.05 bits per heavy atom. The lowest BCUT2D eigenvalue weighted by Gasteiger charge is -2.03. The van der Waals surface area contributed by atoms with Crippen molar-refractivity contribution in [1.29, 1.82) is 0 Å². The van der Waals surface area contributed by atoms with E-state index in [2.05, 4.69) is 10.2 Å². The van der Waals surface area contributed by atoms with E-state index < -0.39 is 5.97 Å². The summed E-state index contributed by atoms with van der Waals surface area (Å²) < 4.78 is 5.17. The number of carbonyl (C=O) groups is 1. The Morgan fingerprint density at radius 3 is 2.48 bits per heavy atom. The highest BCUT2D eigenvalue weighted by molar-refractivity contribution is 7.12. The van der Waals surface area contributed by atoms with Gasteiger partial charge in [-0.05, 0) is 24.4 Å². The predicted octanol–water partition coefficient (Wildman–Crippen LogP) is 3.73. The molecule has 104 valence electrons. The Morgan fingerprint density at radius 2 is 1.86 bits per heavy atom. The third-order valence-corrected chi connectivity index (χ3v) is 3.76. The van der Waals surface area contributed by atoms with Crippen LogP contribution < -0.4 is 4.74 Å². The SMILES string of the molecule is Cc1ccc(-c2ccc(OC(=O)c3cccs3)nn2)cc1. The summed E-state index contributed by atoms with van der Waals surface area (Å²) in [6, 6.07) is 14.9. The molecule has 0 N–H and O–H groups in total. The number of aromatic nitrogens is 2. The van der Waals surface area contributed by atoms with Crippen molar-refractivity contribution in [2.75, 3.05) is 0 Å². The van der Waals surface area contributed by atoms with Crippen LogP contribution in [-0.2, 0) is 0 Å². The van der Waals surface area contributed by atoms with Gasteiger partial charge in [-0.15, -0.1) is 21.5 Å². The molecule has 3 rings (SSSR count). The van der Waals surface area contributed by atoms with E-state index in [1.807, 2.05) is 36.6 Å². The average Bonchev–Trinajstić information content (AvgIpc) is 3.03. The lowest BCUT2D eigenvalue weighted by atomic mass is 10.1. The van der Waals surface area contributed by atoms with Crippen molar-refractivity contribution >= 4 is 17.3 Å². The standard InChI is InChI=1S/C16H12N2O2S/c1-11-4-6-12(7-5-11)13-8-9-15(18-17-13)20-16(19)14-3-2-10-21-14/h2-10H,1H3. The van der Waals surface area contributed by atoms with Gasteiger partial charge in [0, 0.05) is 11.6 Å². The van der Waals surface area contributed by atoms with Gasteiger partial charge in [-0.1, -0.05) is 35.9 Å². The van der Waals surface area contributed by atoms with Gasteiger partial charge in [-0.3, -0.25) is 0 Å². The third-order valence-electron chi connectivity index (χ3n) is 2.91. The van der Waals surface area contributed by atoms with Crippen LogP contribution in [0.15, 0.2) is 53.9 Å². The zero-order valence-corrected chi connectivity index (χ0v) is 12.1. The van der Waals surface area contributed by atoms with E-state index in [4.69, 9.17) is 4.74 Å². The monoisotopic (exact) mass is 296 g/mol. The summed E-state index contributed by atoms with van der Waals surface area (Å²) in [6.45, 7) is 2.03. The Labute approximate surface area is 126 Å². The molecule has 21 heavy (non-hydrogen) atoms. The second-order valence-corrected chi connectivity index (χ2v) is 5.44. The molecule has 3 aromatic rings. The van der Waals surface area contributed by atoms with Crippen molar-refractivity contribution < 1.29 is 9.53 Å². The molecule has 5 heteroatoms. The molecule has 0 saturated heterocycles. The van der Waals surface area contributed by atoms with Crippen LogP contribution in [0.4, 0.5) is 0 Å². The lowest BCUT2D eigenvalue weighted by Crippen LogP contribution is -2.08. The van der Waals surface area contributed by atoms with E-state index in [-0.39, 0.29) is 5.88 Å². The van der Waals surface area contributed by atoms with Gasteiger partial charge >= 0.3 is 5.97 Å². The van der Waals surface area contributed by atoms with E-state index in [1.54, 1.807) is 24.3 Å². The van der Waals surface area contributed by atoms with Crippen molar-refractivity contribution in [3.8, 4) is 17.1 Å². The van der Waals surface area contributed by atoms with Gasteiger partial charge in [-0.25, -0.2) is 4.79 Å². The fourth-order valence-corrected chi connectivity index (χ4v) is 2.39. The largest absolute Gasteiger partial charge is 0.402 e. The van der Waals surface area contributed by atoms with Gasteiger partial charge in [0.15, 0.2) is 0 Å². The molecule has 0 aliphatic rings. The third kappa shape index (κ3) is 3.14. The first kappa shape index (κ1) is 13.5. The first-order chi connectivity index (χ1) is 10.2. The zero-order valence-electron chi connectivity index (χ0n) is 11.3. The Balaban J connectivity index is 1.75. The fourth-order valence-electron chi connectivity index (χ4n) is 1.79. The van der Waals surface area contributed by atoms with Crippen LogP contribution in [0, 0.1) is 6.92 Å². The average molecular weight is 296 g/mol. The van der Waals surface area contributed by atoms with Gasteiger partial charge in [0.25, 0.3) is 0 Å². The predicted molar refractivity (Wildman–Crippen MR) is 81.5 cm³/mol. The van der Waals surface area contributed by atoms with Crippen molar-refractivity contribution in [3.63, 3.8) is 0 Å². The fraction of sp³-hybridized carbons (Fsp3) is 0.0625. The molecule has 1 aromatic carbocycles. The number of benzene rings is 1. The van der Waals surface area contributed by atoms with E-state index >= 15 is 0 Å². The van der Waals surface area contributed by atoms with E-state index in [0.29, 0.717) is 4.88 Å². The minimum atomic E-state index is -0.414. The van der Waals surface area contributed by atoms with Crippen molar-refractivity contribution in [1.82, 2.24) is 10.2 Å². The smallest absolute Gasteiger partial charge is 0.355 e. The summed E-state index contributed by atoms with van der Waals surface area (Å²) in [7, 11) is 0. The van der Waals surface area contributed by atoms with Crippen LogP contribution in [0.25, 0.3) is 11.3 Å². The molecule has 0 saturated carbocycles. The first-order valence-corrected chi connectivity index (χ1v) is 7.27. The number of nitrogens with zero attached hydrogens (tertiary/aromatic N) is 2. The molecule has 0 fully saturated rings. The second-order valence-electron chi connectivity index (χ2n) is 4.49. The van der Waals surface area contributed by atoms with Crippen LogP contribution in [0.2, 0.25) is 0 Å². The number of esters is 1. The molecule has 0 atom stereocenters. The van der Waals surface area contributed by atoms with Crippen LogP contribution in [0.1, 0.15) is 15.2 Å². The van der Waals surface area contributed by atoms with Gasteiger partial charge in [0.2, 0.25) is 5.88 Å². The summed E-state index contributed by atoms with van der Waals surface area (Å²) in [5.74, 6) is -0.216. The molecule has 4 nitrogen and oxygen atoms in total. The van der Waals surface area contributed by atoms with Crippen molar-refractivity contribution in [2.45, 2.75) is 6.92 Å². The zero-order chi connectivity index (χ0) is 14.7. The molecule has 0 unspecified atom stereocenters. The number of aryl methyl sites for hydroxylation is 1.